The zero-order valence-electron chi connectivity index (χ0n) is 9.44. The van der Waals surface area contributed by atoms with Crippen LogP contribution >= 0.6 is 0 Å². The van der Waals surface area contributed by atoms with Crippen LogP contribution < -0.4 is 5.32 Å². The van der Waals surface area contributed by atoms with E-state index < -0.39 is 0 Å². The van der Waals surface area contributed by atoms with Gasteiger partial charge in [-0.3, -0.25) is 0 Å². The SMILES string of the molecule is CCCCC(CCCOCC)NC. The lowest BCUT2D eigenvalue weighted by molar-refractivity contribution is 0.140. The molecule has 1 unspecified atom stereocenters. The van der Waals surface area contributed by atoms with Gasteiger partial charge in [0.1, 0.15) is 0 Å². The van der Waals surface area contributed by atoms with Crippen molar-refractivity contribution < 1.29 is 4.74 Å². The van der Waals surface area contributed by atoms with Gasteiger partial charge in [-0.05, 0) is 33.2 Å². The van der Waals surface area contributed by atoms with Crippen molar-refractivity contribution in [3.8, 4) is 0 Å². The first-order valence-electron chi connectivity index (χ1n) is 5.60. The van der Waals surface area contributed by atoms with Crippen molar-refractivity contribution in [1.82, 2.24) is 5.32 Å². The quantitative estimate of drug-likeness (QED) is 0.560. The lowest BCUT2D eigenvalue weighted by Gasteiger charge is -2.15. The van der Waals surface area contributed by atoms with Gasteiger partial charge in [0.05, 0.1) is 0 Å². The maximum absolute atomic E-state index is 5.31. The highest BCUT2D eigenvalue weighted by molar-refractivity contribution is 4.63. The van der Waals surface area contributed by atoms with Crippen molar-refractivity contribution >= 4 is 0 Å². The number of hydrogen-bond donors (Lipinski definition) is 1. The van der Waals surface area contributed by atoms with E-state index in [1.807, 2.05) is 6.92 Å². The molecule has 1 atom stereocenters. The Morgan fingerprint density at radius 1 is 1.15 bits per heavy atom. The summed E-state index contributed by atoms with van der Waals surface area (Å²) in [6, 6.07) is 0.695. The van der Waals surface area contributed by atoms with Crippen LogP contribution in [0.25, 0.3) is 0 Å². The van der Waals surface area contributed by atoms with Gasteiger partial charge in [0, 0.05) is 19.3 Å². The summed E-state index contributed by atoms with van der Waals surface area (Å²) < 4.78 is 5.31. The van der Waals surface area contributed by atoms with Crippen LogP contribution in [0, 0.1) is 0 Å². The maximum Gasteiger partial charge on any atom is 0.0466 e. The van der Waals surface area contributed by atoms with E-state index in [1.54, 1.807) is 0 Å². The van der Waals surface area contributed by atoms with Crippen LogP contribution in [0.3, 0.4) is 0 Å². The fraction of sp³-hybridized carbons (Fsp3) is 1.00. The Kier molecular flexibility index (Phi) is 9.94. The predicted molar refractivity (Wildman–Crippen MR) is 58.1 cm³/mol. The molecule has 0 rings (SSSR count). The predicted octanol–water partition coefficient (Wildman–Crippen LogP) is 2.58. The van der Waals surface area contributed by atoms with Gasteiger partial charge >= 0.3 is 0 Å². The van der Waals surface area contributed by atoms with E-state index in [0.29, 0.717) is 6.04 Å². The molecule has 0 aromatic rings. The minimum Gasteiger partial charge on any atom is -0.382 e. The molecule has 0 aliphatic carbocycles. The Morgan fingerprint density at radius 3 is 2.38 bits per heavy atom. The van der Waals surface area contributed by atoms with Crippen LogP contribution in [-0.2, 0) is 4.74 Å². The Balaban J connectivity index is 3.25. The second-order valence-electron chi connectivity index (χ2n) is 3.47. The largest absolute Gasteiger partial charge is 0.382 e. The average Bonchev–Trinajstić information content (AvgIpc) is 2.17. The molecule has 0 aliphatic rings. The molecule has 0 spiro atoms. The summed E-state index contributed by atoms with van der Waals surface area (Å²) in [6.07, 6.45) is 6.36. The number of rotatable bonds is 9. The Labute approximate surface area is 83.1 Å². The minimum atomic E-state index is 0.695. The van der Waals surface area contributed by atoms with Gasteiger partial charge in [-0.25, -0.2) is 0 Å². The zero-order valence-corrected chi connectivity index (χ0v) is 9.44. The minimum absolute atomic E-state index is 0.695. The van der Waals surface area contributed by atoms with Gasteiger partial charge in [0.15, 0.2) is 0 Å². The van der Waals surface area contributed by atoms with Crippen LogP contribution in [0.4, 0.5) is 0 Å². The third-order valence-electron chi connectivity index (χ3n) is 2.36. The van der Waals surface area contributed by atoms with Gasteiger partial charge in [-0.1, -0.05) is 19.8 Å². The first-order valence-corrected chi connectivity index (χ1v) is 5.60. The van der Waals surface area contributed by atoms with E-state index in [0.717, 1.165) is 13.2 Å². The fourth-order valence-electron chi connectivity index (χ4n) is 1.46. The summed E-state index contributed by atoms with van der Waals surface area (Å²) in [6.45, 7) is 6.06. The van der Waals surface area contributed by atoms with Crippen LogP contribution in [0.15, 0.2) is 0 Å². The number of unbranched alkanes of at least 4 members (excludes halogenated alkanes) is 1. The van der Waals surface area contributed by atoms with Crippen molar-refractivity contribution in [2.75, 3.05) is 20.3 Å². The van der Waals surface area contributed by atoms with Crippen molar-refractivity contribution in [1.29, 1.82) is 0 Å². The number of hydrogen-bond acceptors (Lipinski definition) is 2. The maximum atomic E-state index is 5.31. The highest BCUT2D eigenvalue weighted by Gasteiger charge is 2.03. The molecular weight excluding hydrogens is 162 g/mol. The lowest BCUT2D eigenvalue weighted by Crippen LogP contribution is -2.25. The molecule has 2 nitrogen and oxygen atoms in total. The first kappa shape index (κ1) is 12.9. The summed E-state index contributed by atoms with van der Waals surface area (Å²) >= 11 is 0. The van der Waals surface area contributed by atoms with Gasteiger partial charge in [-0.2, -0.15) is 0 Å². The number of nitrogens with one attached hydrogen (secondary N) is 1. The zero-order chi connectivity index (χ0) is 9.94. The molecule has 0 bridgehead atoms. The van der Waals surface area contributed by atoms with E-state index in [1.165, 1.54) is 32.1 Å². The summed E-state index contributed by atoms with van der Waals surface area (Å²) in [5, 5.41) is 3.36. The molecule has 0 aliphatic heterocycles. The normalized spacial score (nSPS) is 13.2. The Hall–Kier alpha value is -0.0800. The van der Waals surface area contributed by atoms with Gasteiger partial charge < -0.3 is 10.1 Å². The Morgan fingerprint density at radius 2 is 1.85 bits per heavy atom. The highest BCUT2D eigenvalue weighted by atomic mass is 16.5. The molecule has 1 N–H and O–H groups in total. The lowest BCUT2D eigenvalue weighted by atomic mass is 10.1. The molecule has 0 aromatic carbocycles. The molecule has 0 fully saturated rings. The van der Waals surface area contributed by atoms with Crippen LogP contribution in [0.2, 0.25) is 0 Å². The third kappa shape index (κ3) is 8.26. The molecule has 2 heteroatoms. The standard InChI is InChI=1S/C11H25NO/c1-4-6-8-11(12-3)9-7-10-13-5-2/h11-12H,4-10H2,1-3H3. The molecular formula is C11H25NO. The van der Waals surface area contributed by atoms with Gasteiger partial charge in [0.25, 0.3) is 0 Å². The fourth-order valence-corrected chi connectivity index (χ4v) is 1.46. The molecule has 0 amide bonds. The highest BCUT2D eigenvalue weighted by Crippen LogP contribution is 2.06. The smallest absolute Gasteiger partial charge is 0.0466 e. The first-order chi connectivity index (χ1) is 6.35. The molecule has 0 saturated carbocycles. The van der Waals surface area contributed by atoms with Crippen molar-refractivity contribution in [3.63, 3.8) is 0 Å². The molecule has 0 radical (unpaired) electrons. The average molecular weight is 187 g/mol. The van der Waals surface area contributed by atoms with Crippen molar-refractivity contribution in [2.45, 2.75) is 52.0 Å². The summed E-state index contributed by atoms with van der Waals surface area (Å²) in [7, 11) is 2.06. The van der Waals surface area contributed by atoms with E-state index in [2.05, 4.69) is 19.3 Å². The Bertz CT molecular complexity index is 96.1. The van der Waals surface area contributed by atoms with Crippen LogP contribution in [0.1, 0.15) is 46.0 Å². The van der Waals surface area contributed by atoms with Crippen molar-refractivity contribution in [2.24, 2.45) is 0 Å². The molecule has 0 heterocycles. The van der Waals surface area contributed by atoms with Crippen LogP contribution in [-0.4, -0.2) is 26.3 Å². The van der Waals surface area contributed by atoms with Gasteiger partial charge in [0.2, 0.25) is 0 Å². The molecule has 0 aromatic heterocycles. The van der Waals surface area contributed by atoms with Gasteiger partial charge in [-0.15, -0.1) is 0 Å². The summed E-state index contributed by atoms with van der Waals surface area (Å²) in [4.78, 5) is 0. The van der Waals surface area contributed by atoms with E-state index in [4.69, 9.17) is 4.74 Å². The number of ether oxygens (including phenoxy) is 1. The van der Waals surface area contributed by atoms with E-state index in [-0.39, 0.29) is 0 Å². The van der Waals surface area contributed by atoms with Crippen LogP contribution in [0.5, 0.6) is 0 Å². The second kappa shape index (κ2) is 10.0. The summed E-state index contributed by atoms with van der Waals surface area (Å²) in [5.41, 5.74) is 0. The monoisotopic (exact) mass is 187 g/mol. The topological polar surface area (TPSA) is 21.3 Å². The molecule has 80 valence electrons. The molecule has 0 saturated heterocycles. The van der Waals surface area contributed by atoms with Crippen molar-refractivity contribution in [3.05, 3.63) is 0 Å². The second-order valence-corrected chi connectivity index (χ2v) is 3.47. The van der Waals surface area contributed by atoms with E-state index in [9.17, 15) is 0 Å². The summed E-state index contributed by atoms with van der Waals surface area (Å²) in [5.74, 6) is 0. The molecule has 13 heavy (non-hydrogen) atoms. The third-order valence-corrected chi connectivity index (χ3v) is 2.36. The van der Waals surface area contributed by atoms with E-state index >= 15 is 0 Å².